The minimum absolute atomic E-state index is 0.0595. The summed E-state index contributed by atoms with van der Waals surface area (Å²) in [6, 6.07) is 6.26. The Balaban J connectivity index is 1.51. The molecule has 0 radical (unpaired) electrons. The molecule has 0 aliphatic heterocycles. The third kappa shape index (κ3) is 5.11. The number of nitrogens with one attached hydrogen (secondary N) is 1. The number of hydrogen-bond acceptors (Lipinski definition) is 6. The molecule has 1 amide bonds. The van der Waals surface area contributed by atoms with Crippen molar-refractivity contribution >= 4 is 5.91 Å². The van der Waals surface area contributed by atoms with Gasteiger partial charge in [-0.3, -0.25) is 4.79 Å². The van der Waals surface area contributed by atoms with Crippen LogP contribution in [0.5, 0.6) is 11.5 Å². The molecular formula is C22H33N5O3. The summed E-state index contributed by atoms with van der Waals surface area (Å²) in [6.07, 6.45) is 5.76. The lowest BCUT2D eigenvalue weighted by atomic mass is 9.91. The van der Waals surface area contributed by atoms with Gasteiger partial charge < -0.3 is 20.1 Å². The Bertz CT molecular complexity index is 826. The molecule has 0 spiro atoms. The molecule has 3 rings (SSSR count). The number of ether oxygens (including phenoxy) is 1. The molecule has 0 unspecified atom stereocenters. The van der Waals surface area contributed by atoms with Crippen LogP contribution in [0.2, 0.25) is 0 Å². The highest BCUT2D eigenvalue weighted by Gasteiger charge is 2.25. The van der Waals surface area contributed by atoms with Gasteiger partial charge in [0, 0.05) is 31.2 Å². The van der Waals surface area contributed by atoms with Gasteiger partial charge in [0.15, 0.2) is 17.2 Å². The maximum Gasteiger partial charge on any atom is 0.276 e. The highest BCUT2D eigenvalue weighted by molar-refractivity contribution is 5.91. The molecule has 1 aromatic heterocycles. The number of carbonyl (C=O) groups excluding carboxylic acids is 1. The van der Waals surface area contributed by atoms with E-state index >= 15 is 0 Å². The number of hydrogen-bond donors (Lipinski definition) is 2. The molecule has 1 heterocycles. The fourth-order valence-electron chi connectivity index (χ4n) is 4.01. The predicted octanol–water partition coefficient (Wildman–Crippen LogP) is 3.14. The second kappa shape index (κ2) is 10.4. The molecule has 2 N–H and O–H groups in total. The molecule has 164 valence electrons. The van der Waals surface area contributed by atoms with Crippen molar-refractivity contribution < 1.29 is 14.6 Å². The van der Waals surface area contributed by atoms with Crippen molar-refractivity contribution in [3.8, 4) is 11.5 Å². The number of benzene rings is 1. The summed E-state index contributed by atoms with van der Waals surface area (Å²) in [5.74, 6) is 0.686. The Morgan fingerprint density at radius 3 is 2.63 bits per heavy atom. The van der Waals surface area contributed by atoms with Crippen molar-refractivity contribution in [1.29, 1.82) is 0 Å². The van der Waals surface area contributed by atoms with Crippen LogP contribution in [-0.4, -0.2) is 56.6 Å². The summed E-state index contributed by atoms with van der Waals surface area (Å²) in [7, 11) is 0. The van der Waals surface area contributed by atoms with Gasteiger partial charge in [-0.1, -0.05) is 17.3 Å². The second-order valence-electron chi connectivity index (χ2n) is 7.64. The number of para-hydroxylation sites is 1. The number of aromatic nitrogens is 3. The first-order valence-corrected chi connectivity index (χ1v) is 10.9. The van der Waals surface area contributed by atoms with Crippen LogP contribution in [0.25, 0.3) is 0 Å². The van der Waals surface area contributed by atoms with Crippen LogP contribution in [-0.2, 0) is 6.54 Å². The van der Waals surface area contributed by atoms with Gasteiger partial charge in [0.1, 0.15) is 0 Å². The Morgan fingerprint density at radius 2 is 1.97 bits per heavy atom. The Kier molecular flexibility index (Phi) is 7.68. The van der Waals surface area contributed by atoms with Gasteiger partial charge in [-0.15, -0.1) is 5.10 Å². The molecule has 8 nitrogen and oxygen atoms in total. The number of phenols is 1. The van der Waals surface area contributed by atoms with Crippen molar-refractivity contribution in [3.05, 3.63) is 35.7 Å². The number of phenolic OH excluding ortho intramolecular Hbond substituents is 1. The van der Waals surface area contributed by atoms with Crippen molar-refractivity contribution in [2.75, 3.05) is 19.7 Å². The van der Waals surface area contributed by atoms with Crippen LogP contribution in [0, 0.1) is 0 Å². The van der Waals surface area contributed by atoms with Crippen molar-refractivity contribution in [2.45, 2.75) is 65.1 Å². The van der Waals surface area contributed by atoms with Gasteiger partial charge in [0.25, 0.3) is 5.91 Å². The maximum atomic E-state index is 12.4. The van der Waals surface area contributed by atoms with E-state index in [0.29, 0.717) is 43.7 Å². The topological polar surface area (TPSA) is 92.5 Å². The summed E-state index contributed by atoms with van der Waals surface area (Å²) in [4.78, 5) is 14.2. The number of nitrogens with zero attached hydrogens (tertiary/aromatic N) is 4. The largest absolute Gasteiger partial charge is 0.504 e. The van der Waals surface area contributed by atoms with E-state index in [2.05, 4.69) is 15.6 Å². The summed E-state index contributed by atoms with van der Waals surface area (Å²) in [6.45, 7) is 8.30. The number of amides is 1. The predicted molar refractivity (Wildman–Crippen MR) is 115 cm³/mol. The molecule has 1 aromatic carbocycles. The van der Waals surface area contributed by atoms with Gasteiger partial charge >= 0.3 is 0 Å². The maximum absolute atomic E-state index is 12.4. The normalized spacial score (nSPS) is 18.9. The lowest BCUT2D eigenvalue weighted by Crippen LogP contribution is -2.33. The lowest BCUT2D eigenvalue weighted by Gasteiger charge is -2.29. The van der Waals surface area contributed by atoms with E-state index in [1.807, 2.05) is 37.6 Å². The van der Waals surface area contributed by atoms with Crippen LogP contribution in [0.4, 0.5) is 0 Å². The van der Waals surface area contributed by atoms with Crippen LogP contribution < -0.4 is 10.1 Å². The third-order valence-electron chi connectivity index (χ3n) is 5.81. The summed E-state index contributed by atoms with van der Waals surface area (Å²) < 4.78 is 7.31. The average molecular weight is 416 g/mol. The first-order valence-electron chi connectivity index (χ1n) is 10.9. The van der Waals surface area contributed by atoms with Crippen LogP contribution >= 0.6 is 0 Å². The number of carbonyl (C=O) groups is 1. The Morgan fingerprint density at radius 1 is 1.23 bits per heavy atom. The summed E-state index contributed by atoms with van der Waals surface area (Å²) in [5, 5.41) is 22.2. The van der Waals surface area contributed by atoms with Gasteiger partial charge in [0.05, 0.1) is 18.8 Å². The molecule has 30 heavy (non-hydrogen) atoms. The minimum Gasteiger partial charge on any atom is -0.504 e. The highest BCUT2D eigenvalue weighted by Crippen LogP contribution is 2.31. The summed E-state index contributed by atoms with van der Waals surface area (Å²) >= 11 is 0. The van der Waals surface area contributed by atoms with E-state index in [9.17, 15) is 9.90 Å². The average Bonchev–Trinajstić information content (AvgIpc) is 3.26. The van der Waals surface area contributed by atoms with Crippen LogP contribution in [0.1, 0.15) is 68.5 Å². The molecular weight excluding hydrogens is 382 g/mol. The molecule has 0 saturated heterocycles. The fourth-order valence-corrected chi connectivity index (χ4v) is 4.01. The molecule has 0 atom stereocenters. The standard InChI is InChI=1S/C22H33N5O3/c1-4-26(5-2)22(29)19-15-27(25-24-19)18-12-10-17(11-13-18)23-14-16-8-7-9-20(21(16)28)30-6-3/h7-9,15,17-18,23,28H,4-6,10-14H2,1-3H3. The molecule has 1 saturated carbocycles. The van der Waals surface area contributed by atoms with Gasteiger partial charge in [-0.05, 0) is 52.5 Å². The second-order valence-corrected chi connectivity index (χ2v) is 7.64. The van der Waals surface area contributed by atoms with Gasteiger partial charge in [-0.2, -0.15) is 0 Å². The van der Waals surface area contributed by atoms with Crippen molar-refractivity contribution in [1.82, 2.24) is 25.2 Å². The van der Waals surface area contributed by atoms with Crippen LogP contribution in [0.15, 0.2) is 24.4 Å². The molecule has 1 aliphatic rings. The van der Waals surface area contributed by atoms with Crippen molar-refractivity contribution in [2.24, 2.45) is 0 Å². The first-order chi connectivity index (χ1) is 14.6. The molecule has 8 heteroatoms. The van der Waals surface area contributed by atoms with Crippen LogP contribution in [0.3, 0.4) is 0 Å². The number of aromatic hydroxyl groups is 1. The number of rotatable bonds is 9. The smallest absolute Gasteiger partial charge is 0.276 e. The summed E-state index contributed by atoms with van der Waals surface area (Å²) in [5.41, 5.74) is 1.27. The van der Waals surface area contributed by atoms with Gasteiger partial charge in [0.2, 0.25) is 0 Å². The minimum atomic E-state index is -0.0595. The zero-order valence-corrected chi connectivity index (χ0v) is 18.2. The lowest BCUT2D eigenvalue weighted by molar-refractivity contribution is 0.0767. The van der Waals surface area contributed by atoms with Gasteiger partial charge in [-0.25, -0.2) is 4.68 Å². The fraction of sp³-hybridized carbons (Fsp3) is 0.591. The van der Waals surface area contributed by atoms with E-state index in [-0.39, 0.29) is 17.7 Å². The first kappa shape index (κ1) is 22.1. The monoisotopic (exact) mass is 415 g/mol. The Labute approximate surface area is 178 Å². The van der Waals surface area contributed by atoms with E-state index in [1.54, 1.807) is 17.2 Å². The SMILES string of the molecule is CCOc1cccc(CNC2CCC(n3cc(C(=O)N(CC)CC)nn3)CC2)c1O. The zero-order valence-electron chi connectivity index (χ0n) is 18.2. The van der Waals surface area contributed by atoms with E-state index in [4.69, 9.17) is 4.74 Å². The van der Waals surface area contributed by atoms with E-state index in [0.717, 1.165) is 31.2 Å². The quantitative estimate of drug-likeness (QED) is 0.654. The van der Waals surface area contributed by atoms with E-state index in [1.165, 1.54) is 0 Å². The molecule has 1 fully saturated rings. The zero-order chi connectivity index (χ0) is 21.5. The third-order valence-corrected chi connectivity index (χ3v) is 5.81. The molecule has 0 bridgehead atoms. The Hall–Kier alpha value is -2.61. The highest BCUT2D eigenvalue weighted by atomic mass is 16.5. The molecule has 1 aliphatic carbocycles. The van der Waals surface area contributed by atoms with Crippen molar-refractivity contribution in [3.63, 3.8) is 0 Å². The van der Waals surface area contributed by atoms with E-state index < -0.39 is 0 Å². The molecule has 2 aromatic rings.